The number of hydrogen-bond acceptors (Lipinski definition) is 3. The van der Waals surface area contributed by atoms with Gasteiger partial charge in [-0.1, -0.05) is 20.8 Å². The number of carbonyl (C=O) groups excluding carboxylic acids is 1. The van der Waals surface area contributed by atoms with E-state index >= 15 is 0 Å². The molecule has 3 N–H and O–H groups in total. The molecule has 1 amide bonds. The van der Waals surface area contributed by atoms with E-state index in [1.165, 1.54) is 0 Å². The third-order valence-corrected chi connectivity index (χ3v) is 3.57. The van der Waals surface area contributed by atoms with Crippen LogP contribution in [0.1, 0.15) is 40.0 Å². The number of likely N-dealkylation sites (N-methyl/N-ethyl adjacent to an activating group) is 2. The smallest absolute Gasteiger partial charge is 0.222 e. The highest BCUT2D eigenvalue weighted by Gasteiger charge is 2.24. The van der Waals surface area contributed by atoms with Gasteiger partial charge in [-0.05, 0) is 37.8 Å². The second-order valence-electron chi connectivity index (χ2n) is 6.10. The van der Waals surface area contributed by atoms with Crippen molar-refractivity contribution in [2.75, 3.05) is 33.7 Å². The Morgan fingerprint density at radius 2 is 1.94 bits per heavy atom. The summed E-state index contributed by atoms with van der Waals surface area (Å²) in [5.74, 6) is 0.751. The highest BCUT2D eigenvalue weighted by atomic mass is 16.2. The number of hydrogen-bond donors (Lipinski definition) is 2. The first-order chi connectivity index (χ1) is 8.32. The summed E-state index contributed by atoms with van der Waals surface area (Å²) in [7, 11) is 3.77. The van der Waals surface area contributed by atoms with E-state index in [2.05, 4.69) is 26.1 Å². The van der Waals surface area contributed by atoms with Crippen LogP contribution in [0.5, 0.6) is 0 Å². The van der Waals surface area contributed by atoms with Gasteiger partial charge in [-0.15, -0.1) is 0 Å². The molecule has 0 fully saturated rings. The molecular formula is C14H31N3O. The van der Waals surface area contributed by atoms with Crippen molar-refractivity contribution >= 4 is 5.91 Å². The number of nitrogens with zero attached hydrogens (tertiary/aromatic N) is 1. The van der Waals surface area contributed by atoms with E-state index in [9.17, 15) is 4.79 Å². The monoisotopic (exact) mass is 257 g/mol. The number of carbonyl (C=O) groups is 1. The minimum atomic E-state index is 0.225. The highest BCUT2D eigenvalue weighted by Crippen LogP contribution is 2.32. The molecule has 0 aliphatic rings. The zero-order valence-corrected chi connectivity index (χ0v) is 12.8. The molecule has 18 heavy (non-hydrogen) atoms. The van der Waals surface area contributed by atoms with E-state index < -0.39 is 0 Å². The molecule has 0 heterocycles. The molecule has 0 spiro atoms. The van der Waals surface area contributed by atoms with Crippen LogP contribution >= 0.6 is 0 Å². The Morgan fingerprint density at radius 3 is 2.39 bits per heavy atom. The predicted octanol–water partition coefficient (Wildman–Crippen LogP) is 1.46. The lowest BCUT2D eigenvalue weighted by atomic mass is 9.76. The van der Waals surface area contributed by atoms with Gasteiger partial charge in [0.25, 0.3) is 0 Å². The van der Waals surface area contributed by atoms with Crippen LogP contribution in [-0.2, 0) is 4.79 Å². The molecule has 0 aromatic heterocycles. The average Bonchev–Trinajstić information content (AvgIpc) is 2.29. The first-order valence-electron chi connectivity index (χ1n) is 6.91. The standard InChI is InChI=1S/C14H31N3O/c1-14(2,3)12(8-9-15)6-7-13(18)17(5)11-10-16-4/h12,16H,6-11,15H2,1-5H3. The molecular weight excluding hydrogens is 226 g/mol. The van der Waals surface area contributed by atoms with Crippen LogP contribution in [0, 0.1) is 11.3 Å². The third-order valence-electron chi connectivity index (χ3n) is 3.57. The van der Waals surface area contributed by atoms with Crippen LogP contribution in [0.4, 0.5) is 0 Å². The van der Waals surface area contributed by atoms with E-state index in [1.807, 2.05) is 14.1 Å². The number of amides is 1. The lowest BCUT2D eigenvalue weighted by Crippen LogP contribution is -2.33. The highest BCUT2D eigenvalue weighted by molar-refractivity contribution is 5.75. The lowest BCUT2D eigenvalue weighted by molar-refractivity contribution is -0.130. The topological polar surface area (TPSA) is 58.4 Å². The summed E-state index contributed by atoms with van der Waals surface area (Å²) < 4.78 is 0. The van der Waals surface area contributed by atoms with Gasteiger partial charge >= 0.3 is 0 Å². The molecule has 1 atom stereocenters. The molecule has 4 nitrogen and oxygen atoms in total. The number of nitrogens with one attached hydrogen (secondary N) is 1. The second kappa shape index (κ2) is 8.48. The Kier molecular flexibility index (Phi) is 8.20. The molecule has 0 rings (SSSR count). The van der Waals surface area contributed by atoms with Gasteiger partial charge < -0.3 is 16.0 Å². The maximum absolute atomic E-state index is 12.0. The van der Waals surface area contributed by atoms with Gasteiger partial charge in [0, 0.05) is 26.6 Å². The van der Waals surface area contributed by atoms with Crippen molar-refractivity contribution in [2.45, 2.75) is 40.0 Å². The molecule has 4 heteroatoms. The van der Waals surface area contributed by atoms with Crippen molar-refractivity contribution < 1.29 is 4.79 Å². The first-order valence-corrected chi connectivity index (χ1v) is 6.91. The van der Waals surface area contributed by atoms with Gasteiger partial charge in [-0.25, -0.2) is 0 Å². The van der Waals surface area contributed by atoms with Crippen LogP contribution in [0.25, 0.3) is 0 Å². The molecule has 0 bridgehead atoms. The normalized spacial score (nSPS) is 13.4. The third kappa shape index (κ3) is 6.97. The Hall–Kier alpha value is -0.610. The fourth-order valence-electron chi connectivity index (χ4n) is 2.10. The SMILES string of the molecule is CNCCN(C)C(=O)CCC(CCN)C(C)(C)C. The van der Waals surface area contributed by atoms with Crippen molar-refractivity contribution in [3.8, 4) is 0 Å². The van der Waals surface area contributed by atoms with Crippen LogP contribution in [0.2, 0.25) is 0 Å². The minimum absolute atomic E-state index is 0.225. The molecule has 0 aliphatic heterocycles. The van der Waals surface area contributed by atoms with Crippen molar-refractivity contribution in [3.63, 3.8) is 0 Å². The van der Waals surface area contributed by atoms with E-state index in [0.717, 1.165) is 25.9 Å². The van der Waals surface area contributed by atoms with Gasteiger partial charge in [0.05, 0.1) is 0 Å². The fraction of sp³-hybridized carbons (Fsp3) is 0.929. The predicted molar refractivity (Wildman–Crippen MR) is 77.4 cm³/mol. The van der Waals surface area contributed by atoms with Gasteiger partial charge in [0.1, 0.15) is 0 Å². The summed E-state index contributed by atoms with van der Waals surface area (Å²) >= 11 is 0. The molecule has 1 unspecified atom stereocenters. The first kappa shape index (κ1) is 17.4. The summed E-state index contributed by atoms with van der Waals surface area (Å²) in [4.78, 5) is 13.8. The summed E-state index contributed by atoms with van der Waals surface area (Å²) in [5, 5.41) is 3.05. The van der Waals surface area contributed by atoms with Gasteiger partial charge in [-0.3, -0.25) is 4.79 Å². The summed E-state index contributed by atoms with van der Waals surface area (Å²) in [6.45, 7) is 8.99. The maximum Gasteiger partial charge on any atom is 0.222 e. The van der Waals surface area contributed by atoms with Crippen molar-refractivity contribution in [2.24, 2.45) is 17.1 Å². The van der Waals surface area contributed by atoms with E-state index in [0.29, 0.717) is 18.9 Å². The average molecular weight is 257 g/mol. The van der Waals surface area contributed by atoms with Gasteiger partial charge in [-0.2, -0.15) is 0 Å². The zero-order valence-electron chi connectivity index (χ0n) is 12.8. The number of rotatable bonds is 8. The minimum Gasteiger partial charge on any atom is -0.344 e. The zero-order chi connectivity index (χ0) is 14.2. The largest absolute Gasteiger partial charge is 0.344 e. The molecule has 0 aromatic carbocycles. The number of nitrogens with two attached hydrogens (primary N) is 1. The van der Waals surface area contributed by atoms with Crippen molar-refractivity contribution in [3.05, 3.63) is 0 Å². The van der Waals surface area contributed by atoms with E-state index in [-0.39, 0.29) is 11.3 Å². The maximum atomic E-state index is 12.0. The molecule has 0 radical (unpaired) electrons. The Bertz CT molecular complexity index is 236. The Morgan fingerprint density at radius 1 is 1.33 bits per heavy atom. The molecule has 108 valence electrons. The van der Waals surface area contributed by atoms with Crippen molar-refractivity contribution in [1.29, 1.82) is 0 Å². The quantitative estimate of drug-likeness (QED) is 0.692. The lowest BCUT2D eigenvalue weighted by Gasteiger charge is -2.31. The van der Waals surface area contributed by atoms with Gasteiger partial charge in [0.15, 0.2) is 0 Å². The summed E-state index contributed by atoms with van der Waals surface area (Å²) in [6.07, 6.45) is 2.56. The molecule has 0 saturated carbocycles. The second-order valence-corrected chi connectivity index (χ2v) is 6.10. The molecule has 0 aromatic rings. The van der Waals surface area contributed by atoms with Crippen LogP contribution in [0.15, 0.2) is 0 Å². The Balaban J connectivity index is 4.14. The molecule has 0 saturated heterocycles. The van der Waals surface area contributed by atoms with Crippen LogP contribution in [0.3, 0.4) is 0 Å². The van der Waals surface area contributed by atoms with E-state index in [4.69, 9.17) is 5.73 Å². The molecule has 0 aliphatic carbocycles. The van der Waals surface area contributed by atoms with Crippen LogP contribution in [-0.4, -0.2) is 44.5 Å². The van der Waals surface area contributed by atoms with Crippen LogP contribution < -0.4 is 11.1 Å². The van der Waals surface area contributed by atoms with Gasteiger partial charge in [0.2, 0.25) is 5.91 Å². The van der Waals surface area contributed by atoms with Crippen molar-refractivity contribution in [1.82, 2.24) is 10.2 Å². The fourth-order valence-corrected chi connectivity index (χ4v) is 2.10. The summed E-state index contributed by atoms with van der Waals surface area (Å²) in [6, 6.07) is 0. The summed E-state index contributed by atoms with van der Waals surface area (Å²) in [5.41, 5.74) is 5.88. The Labute approximate surface area is 112 Å². The van der Waals surface area contributed by atoms with E-state index in [1.54, 1.807) is 4.90 Å².